The van der Waals surface area contributed by atoms with Crippen molar-refractivity contribution in [3.63, 3.8) is 0 Å². The number of fused-ring (bicyclic) bond motifs is 2. The predicted octanol–water partition coefficient (Wildman–Crippen LogP) is 2.76. The van der Waals surface area contributed by atoms with Crippen molar-refractivity contribution in [1.29, 1.82) is 0 Å². The Balaban J connectivity index is 0.00000202. The molecule has 0 amide bonds. The van der Waals surface area contributed by atoms with E-state index in [4.69, 9.17) is 8.83 Å². The van der Waals surface area contributed by atoms with E-state index >= 15 is 0 Å². The number of hydrogen-bond donors (Lipinski definition) is 0. The average molecular weight is 615 g/mol. The third kappa shape index (κ3) is 5.84. The first-order chi connectivity index (χ1) is 19.1. The molecule has 0 unspecified atom stereocenters. The van der Waals surface area contributed by atoms with E-state index in [1.807, 2.05) is 74.5 Å². The van der Waals surface area contributed by atoms with Gasteiger partial charge in [-0.1, -0.05) is 69.4 Å². The van der Waals surface area contributed by atoms with Crippen LogP contribution in [-0.4, -0.2) is 0 Å². The maximum atomic E-state index is 11.5. The maximum Gasteiger partial charge on any atom is 1.00 e. The van der Waals surface area contributed by atoms with Gasteiger partial charge in [-0.05, 0) is 84.5 Å². The van der Waals surface area contributed by atoms with Crippen molar-refractivity contribution in [2.75, 3.05) is 0 Å². The van der Waals surface area contributed by atoms with Crippen LogP contribution in [0.15, 0.2) is 91.4 Å². The fourth-order valence-corrected chi connectivity index (χ4v) is 6.30. The van der Waals surface area contributed by atoms with Gasteiger partial charge in [-0.2, -0.15) is 0 Å². The van der Waals surface area contributed by atoms with Crippen LogP contribution in [0.3, 0.4) is 0 Å². The smallest absolute Gasteiger partial charge is 0.456 e. The van der Waals surface area contributed by atoms with Gasteiger partial charge in [-0.25, -0.2) is 0 Å². The summed E-state index contributed by atoms with van der Waals surface area (Å²) in [4.78, 5) is 0.478. The van der Waals surface area contributed by atoms with Crippen LogP contribution >= 0.6 is 0 Å². The van der Waals surface area contributed by atoms with E-state index in [-0.39, 0.29) is 68.9 Å². The minimum absolute atomic E-state index is 0. The number of hydrogen-bond acceptors (Lipinski definition) is 8. The Kier molecular flexibility index (Phi) is 10.0. The summed E-state index contributed by atoms with van der Waals surface area (Å²) in [5.41, 5.74) is 8.26. The summed E-state index contributed by atoms with van der Waals surface area (Å²) < 4.78 is 58.3. The molecule has 42 heavy (non-hydrogen) atoms. The van der Waals surface area contributed by atoms with Crippen LogP contribution in [0.1, 0.15) is 22.3 Å². The van der Waals surface area contributed by atoms with Crippen molar-refractivity contribution in [1.82, 2.24) is 0 Å². The van der Waals surface area contributed by atoms with Gasteiger partial charge in [0.25, 0.3) is 0 Å². The fraction of sp³-hybridized carbons (Fsp3) is 0.125. The van der Waals surface area contributed by atoms with Gasteiger partial charge in [-0.3, -0.25) is 0 Å². The molecule has 4 aromatic carbocycles. The molecule has 6 aromatic rings. The summed E-state index contributed by atoms with van der Waals surface area (Å²) in [5.74, 6) is 1.43. The van der Waals surface area contributed by atoms with Gasteiger partial charge >= 0.3 is 59.1 Å². The summed E-state index contributed by atoms with van der Waals surface area (Å²) in [7, 11) is -4.65. The largest absolute Gasteiger partial charge is 1.00 e. The summed E-state index contributed by atoms with van der Waals surface area (Å²) >= 11 is 0. The molecule has 0 N–H and O–H groups in total. The second-order valence-corrected chi connectivity index (χ2v) is 11.8. The molecule has 6 nitrogen and oxygen atoms in total. The second-order valence-electron chi connectivity index (χ2n) is 9.96. The molecule has 0 saturated heterocycles. The van der Waals surface area contributed by atoms with Crippen LogP contribution in [0.2, 0.25) is 0 Å². The molecule has 0 aliphatic heterocycles. The minimum atomic E-state index is -2.32. The molecule has 0 aliphatic carbocycles. The average Bonchev–Trinajstić information content (AvgIpc) is 3.43. The molecular weight excluding hydrogens is 590 g/mol. The molecule has 0 aliphatic rings. The molecule has 0 saturated carbocycles. The van der Waals surface area contributed by atoms with Crippen LogP contribution in [0.4, 0.5) is 0 Å². The first-order valence-electron chi connectivity index (χ1n) is 12.6. The van der Waals surface area contributed by atoms with Gasteiger partial charge < -0.3 is 25.7 Å². The third-order valence-corrected chi connectivity index (χ3v) is 9.05. The number of aryl methyl sites for hydroxylation is 4. The monoisotopic (exact) mass is 614 g/mol. The zero-order chi connectivity index (χ0) is 28.3. The summed E-state index contributed by atoms with van der Waals surface area (Å²) in [6, 6.07) is 23.0. The first kappa shape index (κ1) is 32.8. The minimum Gasteiger partial charge on any atom is -0.456 e. The van der Waals surface area contributed by atoms with Crippen LogP contribution in [0.25, 0.3) is 55.7 Å². The van der Waals surface area contributed by atoms with Crippen molar-refractivity contribution in [2.45, 2.75) is 37.5 Å². The SMILES string of the molecule is Cc1cc2c(C)c(-c3ccc(-c4ccc(-c5oc6cc([S-](=O)=O)c(C)cc6c5C)cc4)cc3)oc2cc1[S-](=O)=O.[Na+].[Na+]. The molecule has 10 heteroatoms. The van der Waals surface area contributed by atoms with Crippen molar-refractivity contribution in [2.24, 2.45) is 0 Å². The van der Waals surface area contributed by atoms with Gasteiger partial charge in [-0.15, -0.1) is 0 Å². The summed E-state index contributed by atoms with van der Waals surface area (Å²) in [5, 5.41) is 1.80. The molecule has 202 valence electrons. The molecule has 0 fully saturated rings. The van der Waals surface area contributed by atoms with E-state index in [0.29, 0.717) is 33.8 Å². The van der Waals surface area contributed by atoms with Crippen molar-refractivity contribution in [3.05, 3.63) is 95.1 Å². The topological polar surface area (TPSA) is 94.6 Å². The summed E-state index contributed by atoms with van der Waals surface area (Å²) in [6.07, 6.45) is 0. The van der Waals surface area contributed by atoms with Gasteiger partial charge in [0.05, 0.1) is 0 Å². The Morgan fingerprint density at radius 2 is 0.786 bits per heavy atom. The second kappa shape index (κ2) is 12.8. The molecule has 2 aromatic heterocycles. The van der Waals surface area contributed by atoms with Crippen molar-refractivity contribution >= 4 is 43.3 Å². The van der Waals surface area contributed by atoms with Gasteiger partial charge in [0.15, 0.2) is 0 Å². The maximum absolute atomic E-state index is 11.5. The number of furan rings is 2. The number of benzene rings is 4. The van der Waals surface area contributed by atoms with Crippen LogP contribution in [0.5, 0.6) is 0 Å². The molecule has 6 rings (SSSR count). The molecule has 0 atom stereocenters. The van der Waals surface area contributed by atoms with Crippen LogP contribution in [-0.2, 0) is 38.2 Å². The van der Waals surface area contributed by atoms with E-state index < -0.39 is 21.4 Å². The number of rotatable bonds is 5. The molecule has 0 bridgehead atoms. The summed E-state index contributed by atoms with van der Waals surface area (Å²) in [6.45, 7) is 7.51. The zero-order valence-corrected chi connectivity index (χ0v) is 29.8. The van der Waals surface area contributed by atoms with Gasteiger partial charge in [0.1, 0.15) is 22.7 Å². The molecule has 0 spiro atoms. The van der Waals surface area contributed by atoms with E-state index in [1.54, 1.807) is 26.0 Å². The van der Waals surface area contributed by atoms with Crippen LogP contribution < -0.4 is 59.1 Å². The van der Waals surface area contributed by atoms with Crippen molar-refractivity contribution in [3.8, 4) is 33.8 Å². The first-order valence-corrected chi connectivity index (χ1v) is 14.7. The van der Waals surface area contributed by atoms with E-state index in [1.165, 1.54) is 0 Å². The Bertz CT molecular complexity index is 1950. The Labute approximate surface area is 291 Å². The zero-order valence-electron chi connectivity index (χ0n) is 24.2. The third-order valence-electron chi connectivity index (χ3n) is 7.45. The Hall–Kier alpha value is -2.14. The van der Waals surface area contributed by atoms with Gasteiger partial charge in [0.2, 0.25) is 0 Å². The Morgan fingerprint density at radius 3 is 1.10 bits per heavy atom. The van der Waals surface area contributed by atoms with Crippen molar-refractivity contribution < 1.29 is 84.8 Å². The Morgan fingerprint density at radius 1 is 0.476 bits per heavy atom. The molecule has 0 radical (unpaired) electrons. The molecular formula is C32H24Na2O6S2. The predicted molar refractivity (Wildman–Crippen MR) is 155 cm³/mol. The fourth-order valence-electron chi connectivity index (χ4n) is 5.25. The van der Waals surface area contributed by atoms with Gasteiger partial charge in [0, 0.05) is 33.0 Å². The van der Waals surface area contributed by atoms with E-state index in [0.717, 1.165) is 44.2 Å². The van der Waals surface area contributed by atoms with E-state index in [9.17, 15) is 16.8 Å². The normalized spacial score (nSPS) is 11.3. The standard InChI is InChI=1S/C32H24O6S2.2Na/c1-17-13-25-19(3)31(37-27(25)15-29(17)39(33)34)23-9-5-21(6-10-23)22-7-11-24(12-8-22)32-20(4)26-14-18(2)30(40(35)36)16-28(26)38-32;;/h5-16H,1-4H3;;/q-2;2*+1. The molecule has 2 heterocycles. The van der Waals surface area contributed by atoms with E-state index in [2.05, 4.69) is 0 Å². The quantitative estimate of drug-likeness (QED) is 0.219. The van der Waals surface area contributed by atoms with Crippen LogP contribution in [0, 0.1) is 27.7 Å².